The zero-order chi connectivity index (χ0) is 19.7. The number of benzene rings is 2. The van der Waals surface area contributed by atoms with Crippen LogP contribution in [-0.2, 0) is 0 Å². The molecule has 0 bridgehead atoms. The Labute approximate surface area is 167 Å². The molecule has 146 valence electrons. The number of thiazole rings is 1. The van der Waals surface area contributed by atoms with Crippen molar-refractivity contribution in [3.63, 3.8) is 0 Å². The first-order valence-electron chi connectivity index (χ1n) is 9.46. The van der Waals surface area contributed by atoms with Gasteiger partial charge in [-0.15, -0.1) is 0 Å². The van der Waals surface area contributed by atoms with E-state index in [0.717, 1.165) is 41.7 Å². The molecule has 2 heterocycles. The molecule has 2 aromatic carbocycles. The number of halogens is 1. The van der Waals surface area contributed by atoms with Crippen LogP contribution < -0.4 is 11.1 Å². The third-order valence-electron chi connectivity index (χ3n) is 5.27. The number of nitrogens with two attached hydrogens (primary N) is 1. The van der Waals surface area contributed by atoms with E-state index >= 15 is 0 Å². The number of likely N-dealkylation sites (tertiary alicyclic amines) is 1. The number of aryl methyl sites for hydroxylation is 1. The van der Waals surface area contributed by atoms with E-state index in [4.69, 9.17) is 5.73 Å². The molecular formula is C21H23FN4OS. The lowest BCUT2D eigenvalue weighted by atomic mass is 10.0. The van der Waals surface area contributed by atoms with Gasteiger partial charge in [0.05, 0.1) is 16.3 Å². The summed E-state index contributed by atoms with van der Waals surface area (Å²) >= 11 is 1.37. The molecule has 0 radical (unpaired) electrons. The van der Waals surface area contributed by atoms with E-state index < -0.39 is 0 Å². The van der Waals surface area contributed by atoms with Gasteiger partial charge in [-0.2, -0.15) is 0 Å². The van der Waals surface area contributed by atoms with E-state index in [1.54, 1.807) is 12.1 Å². The molecule has 1 aromatic heterocycles. The Kier molecular flexibility index (Phi) is 5.28. The van der Waals surface area contributed by atoms with Gasteiger partial charge in [-0.3, -0.25) is 9.69 Å². The van der Waals surface area contributed by atoms with Crippen molar-refractivity contribution in [2.24, 2.45) is 0 Å². The van der Waals surface area contributed by atoms with Crippen molar-refractivity contribution in [1.29, 1.82) is 0 Å². The molecule has 3 aromatic rings. The number of amides is 1. The number of nitrogens with zero attached hydrogens (tertiary/aromatic N) is 2. The van der Waals surface area contributed by atoms with Gasteiger partial charge in [-0.1, -0.05) is 29.5 Å². The maximum absolute atomic E-state index is 14.4. The number of rotatable bonds is 5. The number of nitrogen functional groups attached to an aromatic ring is 1. The van der Waals surface area contributed by atoms with Crippen molar-refractivity contribution >= 4 is 32.6 Å². The van der Waals surface area contributed by atoms with Crippen LogP contribution in [-0.4, -0.2) is 35.4 Å². The minimum atomic E-state index is -0.231. The lowest BCUT2D eigenvalue weighted by Crippen LogP contribution is -2.37. The number of carbonyl (C=O) groups is 1. The number of hydrogen-bond donors (Lipinski definition) is 2. The summed E-state index contributed by atoms with van der Waals surface area (Å²) in [4.78, 5) is 19.4. The van der Waals surface area contributed by atoms with Gasteiger partial charge in [0.15, 0.2) is 5.13 Å². The first kappa shape index (κ1) is 18.8. The highest BCUT2D eigenvalue weighted by Crippen LogP contribution is 2.29. The number of hydrogen-bond acceptors (Lipinski definition) is 5. The van der Waals surface area contributed by atoms with Crippen LogP contribution in [0.2, 0.25) is 0 Å². The fraction of sp³-hybridized carbons (Fsp3) is 0.333. The Balaban J connectivity index is 1.55. The highest BCUT2D eigenvalue weighted by Gasteiger charge is 2.26. The summed E-state index contributed by atoms with van der Waals surface area (Å²) < 4.78 is 15.3. The predicted molar refractivity (Wildman–Crippen MR) is 111 cm³/mol. The van der Waals surface area contributed by atoms with Crippen LogP contribution in [0, 0.1) is 12.7 Å². The molecule has 0 saturated carbocycles. The van der Waals surface area contributed by atoms with Crippen molar-refractivity contribution in [3.05, 3.63) is 58.9 Å². The van der Waals surface area contributed by atoms with Gasteiger partial charge in [-0.05, 0) is 56.6 Å². The molecule has 4 rings (SSSR count). The summed E-state index contributed by atoms with van der Waals surface area (Å²) in [5, 5.41) is 3.50. The monoisotopic (exact) mass is 398 g/mol. The molecular weight excluding hydrogens is 375 g/mol. The second-order valence-electron chi connectivity index (χ2n) is 7.18. The van der Waals surface area contributed by atoms with Crippen molar-refractivity contribution in [2.45, 2.75) is 25.8 Å². The largest absolute Gasteiger partial charge is 0.375 e. The Morgan fingerprint density at radius 1 is 1.32 bits per heavy atom. The minimum Gasteiger partial charge on any atom is -0.375 e. The second-order valence-corrected chi connectivity index (χ2v) is 8.24. The van der Waals surface area contributed by atoms with E-state index in [0.29, 0.717) is 22.8 Å². The number of anilines is 1. The lowest BCUT2D eigenvalue weighted by Gasteiger charge is -2.28. The van der Waals surface area contributed by atoms with Gasteiger partial charge in [0, 0.05) is 17.7 Å². The zero-order valence-electron chi connectivity index (χ0n) is 15.7. The molecule has 1 unspecified atom stereocenters. The normalized spacial score (nSPS) is 15.8. The molecule has 3 N–H and O–H groups in total. The van der Waals surface area contributed by atoms with Crippen molar-refractivity contribution in [1.82, 2.24) is 15.2 Å². The van der Waals surface area contributed by atoms with Gasteiger partial charge in [0.25, 0.3) is 5.91 Å². The second kappa shape index (κ2) is 7.85. The fourth-order valence-corrected chi connectivity index (χ4v) is 4.72. The van der Waals surface area contributed by atoms with E-state index in [9.17, 15) is 9.18 Å². The quantitative estimate of drug-likeness (QED) is 0.684. The van der Waals surface area contributed by atoms with Gasteiger partial charge >= 0.3 is 0 Å². The molecule has 5 nitrogen and oxygen atoms in total. The van der Waals surface area contributed by atoms with E-state index in [1.807, 2.05) is 25.1 Å². The van der Waals surface area contributed by atoms with Crippen LogP contribution >= 0.6 is 11.3 Å². The summed E-state index contributed by atoms with van der Waals surface area (Å²) in [6.45, 7) is 4.12. The molecule has 0 aliphatic carbocycles. The molecule has 1 amide bonds. The van der Waals surface area contributed by atoms with E-state index in [-0.39, 0.29) is 17.8 Å². The van der Waals surface area contributed by atoms with Crippen LogP contribution in [0.1, 0.15) is 40.4 Å². The summed E-state index contributed by atoms with van der Waals surface area (Å²) in [7, 11) is 0. The van der Waals surface area contributed by atoms with Crippen LogP contribution in [0.5, 0.6) is 0 Å². The molecule has 1 aliphatic rings. The highest BCUT2D eigenvalue weighted by molar-refractivity contribution is 7.22. The SMILES string of the molecule is Cc1cc(C(=O)NCC(c2ccccc2F)N2CCCC2)cc2sc(N)nc12. The minimum absolute atomic E-state index is 0.169. The van der Waals surface area contributed by atoms with Crippen LogP contribution in [0.4, 0.5) is 9.52 Å². The highest BCUT2D eigenvalue weighted by atomic mass is 32.1. The van der Waals surface area contributed by atoms with Gasteiger partial charge in [-0.25, -0.2) is 9.37 Å². The maximum Gasteiger partial charge on any atom is 0.251 e. The van der Waals surface area contributed by atoms with Crippen molar-refractivity contribution in [2.75, 3.05) is 25.4 Å². The number of nitrogens with one attached hydrogen (secondary N) is 1. The molecule has 1 fully saturated rings. The van der Waals surface area contributed by atoms with Crippen LogP contribution in [0.3, 0.4) is 0 Å². The summed E-state index contributed by atoms with van der Waals surface area (Å²) in [6, 6.07) is 10.3. The van der Waals surface area contributed by atoms with Crippen molar-refractivity contribution in [3.8, 4) is 0 Å². The molecule has 1 saturated heterocycles. The predicted octanol–water partition coefficient (Wildman–Crippen LogP) is 3.89. The van der Waals surface area contributed by atoms with E-state index in [2.05, 4.69) is 15.2 Å². The van der Waals surface area contributed by atoms with Crippen LogP contribution in [0.25, 0.3) is 10.2 Å². The Morgan fingerprint density at radius 3 is 2.82 bits per heavy atom. The number of carbonyl (C=O) groups excluding carboxylic acids is 1. The third kappa shape index (κ3) is 3.72. The number of fused-ring (bicyclic) bond motifs is 1. The van der Waals surface area contributed by atoms with Crippen LogP contribution in [0.15, 0.2) is 36.4 Å². The van der Waals surface area contributed by atoms with E-state index in [1.165, 1.54) is 17.4 Å². The Morgan fingerprint density at radius 2 is 2.07 bits per heavy atom. The molecule has 1 atom stereocenters. The molecule has 0 spiro atoms. The lowest BCUT2D eigenvalue weighted by molar-refractivity contribution is 0.0937. The first-order valence-corrected chi connectivity index (χ1v) is 10.3. The average molecular weight is 399 g/mol. The van der Waals surface area contributed by atoms with Gasteiger partial charge < -0.3 is 11.1 Å². The number of aromatic nitrogens is 1. The fourth-order valence-electron chi connectivity index (χ4n) is 3.87. The van der Waals surface area contributed by atoms with Gasteiger partial charge in [0.2, 0.25) is 0 Å². The topological polar surface area (TPSA) is 71.2 Å². The van der Waals surface area contributed by atoms with Crippen molar-refractivity contribution < 1.29 is 9.18 Å². The summed E-state index contributed by atoms with van der Waals surface area (Å²) in [6.07, 6.45) is 2.20. The molecule has 28 heavy (non-hydrogen) atoms. The first-order chi connectivity index (χ1) is 13.5. The smallest absolute Gasteiger partial charge is 0.251 e. The maximum atomic E-state index is 14.4. The Bertz CT molecular complexity index is 1010. The third-order valence-corrected chi connectivity index (χ3v) is 6.10. The molecule has 1 aliphatic heterocycles. The summed E-state index contributed by atoms with van der Waals surface area (Å²) in [5.41, 5.74) is 8.75. The zero-order valence-corrected chi connectivity index (χ0v) is 16.6. The molecule has 7 heteroatoms. The van der Waals surface area contributed by atoms with Gasteiger partial charge in [0.1, 0.15) is 5.82 Å². The Hall–Kier alpha value is -2.51. The standard InChI is InChI=1S/C21H23FN4OS/c1-13-10-14(11-18-19(13)25-21(23)28-18)20(27)24-12-17(26-8-4-5-9-26)15-6-2-3-7-16(15)22/h2-3,6-7,10-11,17H,4-5,8-9,12H2,1H3,(H2,23,25)(H,24,27). The average Bonchev–Trinajstić information content (AvgIpc) is 3.32. The summed E-state index contributed by atoms with van der Waals surface area (Å²) in [5.74, 6) is -0.399.